The zero-order valence-corrected chi connectivity index (χ0v) is 11.8. The van der Waals surface area contributed by atoms with E-state index in [0.717, 1.165) is 0 Å². The second-order valence-electron chi connectivity index (χ2n) is 3.53. The van der Waals surface area contributed by atoms with Gasteiger partial charge in [-0.1, -0.05) is 10.3 Å². The number of methoxy groups -OCH3 is 1. The smallest absolute Gasteiger partial charge is 0.360 e. The van der Waals surface area contributed by atoms with Gasteiger partial charge in [0.15, 0.2) is 12.3 Å². The van der Waals surface area contributed by atoms with Gasteiger partial charge in [-0.15, -0.1) is 0 Å². The summed E-state index contributed by atoms with van der Waals surface area (Å²) < 4.78 is 4.65. The molecule has 1 heterocycles. The van der Waals surface area contributed by atoms with Crippen LogP contribution in [0.3, 0.4) is 0 Å². The molecular formula is C12H16N4O4. The van der Waals surface area contributed by atoms with E-state index in [1.165, 1.54) is 26.6 Å². The Morgan fingerprint density at radius 2 is 2.20 bits per heavy atom. The molecular weight excluding hydrogens is 264 g/mol. The van der Waals surface area contributed by atoms with E-state index in [-0.39, 0.29) is 12.3 Å². The number of esters is 1. The van der Waals surface area contributed by atoms with Crippen LogP contribution in [0.2, 0.25) is 0 Å². The maximum Gasteiger partial charge on any atom is 0.360 e. The van der Waals surface area contributed by atoms with Gasteiger partial charge in [0.25, 0.3) is 0 Å². The number of carbonyl (C=O) groups is 1. The highest BCUT2D eigenvalue weighted by atomic mass is 16.6. The lowest BCUT2D eigenvalue weighted by atomic mass is 10.1. The van der Waals surface area contributed by atoms with Gasteiger partial charge in [-0.2, -0.15) is 0 Å². The van der Waals surface area contributed by atoms with Crippen molar-refractivity contribution in [3.05, 3.63) is 23.3 Å². The molecule has 20 heavy (non-hydrogen) atoms. The fourth-order valence-electron chi connectivity index (χ4n) is 1.38. The largest absolute Gasteiger partial charge is 0.464 e. The maximum absolute atomic E-state index is 11.7. The Bertz CT molecular complexity index is 528. The van der Waals surface area contributed by atoms with Gasteiger partial charge in [0.1, 0.15) is 12.9 Å². The third-order valence-electron chi connectivity index (χ3n) is 2.19. The summed E-state index contributed by atoms with van der Waals surface area (Å²) in [6.45, 7) is 3.52. The van der Waals surface area contributed by atoms with E-state index in [1.54, 1.807) is 13.8 Å². The predicted molar refractivity (Wildman–Crippen MR) is 71.3 cm³/mol. The minimum atomic E-state index is -0.653. The molecule has 108 valence electrons. The highest BCUT2D eigenvalue weighted by Gasteiger charge is 2.21. The van der Waals surface area contributed by atoms with Crippen molar-refractivity contribution in [2.24, 2.45) is 10.3 Å². The molecule has 0 radical (unpaired) electrons. The summed E-state index contributed by atoms with van der Waals surface area (Å²) in [6.07, 6.45) is 2.96. The fraction of sp³-hybridized carbons (Fsp3) is 0.417. The molecule has 0 unspecified atom stereocenters. The molecule has 0 saturated carbocycles. The Morgan fingerprint density at radius 3 is 2.80 bits per heavy atom. The highest BCUT2D eigenvalue weighted by Crippen LogP contribution is 2.10. The first-order valence-corrected chi connectivity index (χ1v) is 5.76. The average molecular weight is 280 g/mol. The maximum atomic E-state index is 11.7. The van der Waals surface area contributed by atoms with Crippen molar-refractivity contribution in [1.29, 1.82) is 0 Å². The molecule has 1 rings (SSSR count). The van der Waals surface area contributed by atoms with Gasteiger partial charge in [-0.25, -0.2) is 14.8 Å². The van der Waals surface area contributed by atoms with Crippen LogP contribution in [0.5, 0.6) is 0 Å². The normalized spacial score (nSPS) is 11.5. The standard InChI is InChI=1S/C12H16N4O4/c1-5-14-20-7-10-9(6-13-8(2)15-10)11(16-19-4)12(17)18-3/h5-6H,7H2,1-4H3/b14-5?,16-11+. The molecule has 0 aliphatic rings. The molecule has 0 N–H and O–H groups in total. The second-order valence-corrected chi connectivity index (χ2v) is 3.53. The number of oxime groups is 2. The molecule has 0 atom stereocenters. The quantitative estimate of drug-likeness (QED) is 0.435. The summed E-state index contributed by atoms with van der Waals surface area (Å²) in [4.78, 5) is 29.7. The Hall–Kier alpha value is -2.51. The number of carbonyl (C=O) groups excluding carboxylic acids is 1. The molecule has 0 aromatic carbocycles. The summed E-state index contributed by atoms with van der Waals surface area (Å²) in [5.74, 6) is -0.117. The Morgan fingerprint density at radius 1 is 1.45 bits per heavy atom. The van der Waals surface area contributed by atoms with Crippen molar-refractivity contribution in [2.45, 2.75) is 20.5 Å². The molecule has 8 heteroatoms. The number of nitrogens with zero attached hydrogens (tertiary/aromatic N) is 4. The minimum Gasteiger partial charge on any atom is -0.464 e. The fourth-order valence-corrected chi connectivity index (χ4v) is 1.38. The van der Waals surface area contributed by atoms with E-state index in [1.807, 2.05) is 0 Å². The first-order chi connectivity index (χ1) is 9.63. The van der Waals surface area contributed by atoms with Crippen LogP contribution >= 0.6 is 0 Å². The predicted octanol–water partition coefficient (Wildman–Crippen LogP) is 0.831. The Kier molecular flexibility index (Phi) is 6.08. The summed E-state index contributed by atoms with van der Waals surface area (Å²) in [5, 5.41) is 7.29. The first-order valence-electron chi connectivity index (χ1n) is 5.76. The summed E-state index contributed by atoms with van der Waals surface area (Å²) in [6, 6.07) is 0. The lowest BCUT2D eigenvalue weighted by Gasteiger charge is -2.09. The van der Waals surface area contributed by atoms with E-state index in [9.17, 15) is 4.79 Å². The van der Waals surface area contributed by atoms with Gasteiger partial charge in [-0.05, 0) is 13.8 Å². The van der Waals surface area contributed by atoms with Crippen LogP contribution in [0.25, 0.3) is 0 Å². The van der Waals surface area contributed by atoms with Crippen LogP contribution in [0.4, 0.5) is 0 Å². The van der Waals surface area contributed by atoms with E-state index in [4.69, 9.17) is 4.84 Å². The van der Waals surface area contributed by atoms with Gasteiger partial charge in [0, 0.05) is 12.4 Å². The summed E-state index contributed by atoms with van der Waals surface area (Å²) in [5.41, 5.74) is 0.800. The van der Waals surface area contributed by atoms with Gasteiger partial charge < -0.3 is 14.4 Å². The molecule has 1 aromatic heterocycles. The molecule has 0 amide bonds. The zero-order chi connectivity index (χ0) is 15.0. The molecule has 0 aliphatic heterocycles. The molecule has 0 bridgehead atoms. The van der Waals surface area contributed by atoms with Gasteiger partial charge in [0.05, 0.1) is 18.4 Å². The van der Waals surface area contributed by atoms with Crippen molar-refractivity contribution in [3.8, 4) is 0 Å². The SMILES string of the molecule is CC=NOCc1nc(C)ncc1/C(=N\OC)C(=O)OC. The van der Waals surface area contributed by atoms with Crippen molar-refractivity contribution < 1.29 is 19.2 Å². The van der Waals surface area contributed by atoms with E-state index in [0.29, 0.717) is 17.1 Å². The number of hydrogen-bond donors (Lipinski definition) is 0. The highest BCUT2D eigenvalue weighted by molar-refractivity contribution is 6.43. The number of aromatic nitrogens is 2. The van der Waals surface area contributed by atoms with Gasteiger partial charge in [0.2, 0.25) is 0 Å². The van der Waals surface area contributed by atoms with Gasteiger partial charge in [-0.3, -0.25) is 0 Å². The molecule has 1 aromatic rings. The average Bonchev–Trinajstić information content (AvgIpc) is 2.45. The number of ether oxygens (including phenoxy) is 1. The third-order valence-corrected chi connectivity index (χ3v) is 2.19. The lowest BCUT2D eigenvalue weighted by Crippen LogP contribution is -2.21. The zero-order valence-electron chi connectivity index (χ0n) is 11.8. The van der Waals surface area contributed by atoms with Crippen LogP contribution < -0.4 is 0 Å². The first kappa shape index (κ1) is 15.5. The Balaban J connectivity index is 3.19. The second kappa shape index (κ2) is 7.82. The minimum absolute atomic E-state index is 0.0333. The molecule has 0 spiro atoms. The van der Waals surface area contributed by atoms with Crippen LogP contribution in [0, 0.1) is 6.92 Å². The topological polar surface area (TPSA) is 95.3 Å². The Labute approximate surface area is 116 Å². The molecule has 0 aliphatic carbocycles. The van der Waals surface area contributed by atoms with Crippen LogP contribution in [-0.4, -0.2) is 42.1 Å². The monoisotopic (exact) mass is 280 g/mol. The third kappa shape index (κ3) is 4.01. The van der Waals surface area contributed by atoms with E-state index in [2.05, 4.69) is 29.9 Å². The number of aryl methyl sites for hydroxylation is 1. The number of hydrogen-bond acceptors (Lipinski definition) is 8. The molecule has 8 nitrogen and oxygen atoms in total. The van der Waals surface area contributed by atoms with Crippen LogP contribution in [0.1, 0.15) is 24.0 Å². The van der Waals surface area contributed by atoms with Crippen molar-refractivity contribution in [1.82, 2.24) is 9.97 Å². The van der Waals surface area contributed by atoms with E-state index >= 15 is 0 Å². The summed E-state index contributed by atoms with van der Waals surface area (Å²) >= 11 is 0. The van der Waals surface area contributed by atoms with Crippen LogP contribution in [0.15, 0.2) is 16.5 Å². The molecule has 0 fully saturated rings. The molecule has 0 saturated heterocycles. The number of rotatable bonds is 6. The van der Waals surface area contributed by atoms with Crippen molar-refractivity contribution in [3.63, 3.8) is 0 Å². The van der Waals surface area contributed by atoms with Crippen molar-refractivity contribution >= 4 is 17.9 Å². The van der Waals surface area contributed by atoms with E-state index < -0.39 is 5.97 Å². The van der Waals surface area contributed by atoms with Crippen molar-refractivity contribution in [2.75, 3.05) is 14.2 Å². The lowest BCUT2D eigenvalue weighted by molar-refractivity contribution is -0.132. The van der Waals surface area contributed by atoms with Gasteiger partial charge >= 0.3 is 5.97 Å². The summed E-state index contributed by atoms with van der Waals surface area (Å²) in [7, 11) is 2.58. The van der Waals surface area contributed by atoms with Crippen LogP contribution in [-0.2, 0) is 25.8 Å².